The van der Waals surface area contributed by atoms with E-state index in [1.54, 1.807) is 17.8 Å². The van der Waals surface area contributed by atoms with Crippen molar-refractivity contribution in [3.8, 4) is 11.4 Å². The summed E-state index contributed by atoms with van der Waals surface area (Å²) in [4.78, 5) is 11.7. The maximum Gasteiger partial charge on any atom is 0.241 e. The number of benzene rings is 1. The van der Waals surface area contributed by atoms with Crippen molar-refractivity contribution in [2.24, 2.45) is 12.8 Å². The van der Waals surface area contributed by atoms with Gasteiger partial charge in [0.2, 0.25) is 5.91 Å². The van der Waals surface area contributed by atoms with Gasteiger partial charge in [0.25, 0.3) is 0 Å². The summed E-state index contributed by atoms with van der Waals surface area (Å²) in [7, 11) is 1.76. The molecule has 2 aromatic rings. The molecular weight excluding hydrogens is 244 g/mol. The molecular formula is C12H16N6O. The first-order chi connectivity index (χ1) is 9.11. The molecule has 7 heteroatoms. The van der Waals surface area contributed by atoms with Gasteiger partial charge in [-0.3, -0.25) is 4.79 Å². The fourth-order valence-electron chi connectivity index (χ4n) is 1.63. The number of nitrogens with zero attached hydrogens (tertiary/aromatic N) is 4. The van der Waals surface area contributed by atoms with Gasteiger partial charge in [0.15, 0.2) is 5.82 Å². The van der Waals surface area contributed by atoms with Crippen LogP contribution in [0.4, 0.5) is 5.69 Å². The minimum Gasteiger partial charge on any atom is -0.325 e. The number of aryl methyl sites for hydroxylation is 1. The highest BCUT2D eigenvalue weighted by Gasteiger charge is 2.12. The molecule has 1 aromatic heterocycles. The molecule has 0 aliphatic heterocycles. The van der Waals surface area contributed by atoms with Gasteiger partial charge in [-0.25, -0.2) is 4.68 Å². The lowest BCUT2D eigenvalue weighted by atomic mass is 10.1. The number of nitrogens with one attached hydrogen (secondary N) is 1. The van der Waals surface area contributed by atoms with Crippen LogP contribution in [0.1, 0.15) is 13.3 Å². The Hall–Kier alpha value is -2.28. The summed E-state index contributed by atoms with van der Waals surface area (Å²) in [6.07, 6.45) is 0.596. The molecule has 0 aliphatic carbocycles. The van der Waals surface area contributed by atoms with E-state index in [9.17, 15) is 4.79 Å². The van der Waals surface area contributed by atoms with E-state index in [1.807, 2.05) is 25.1 Å². The van der Waals surface area contributed by atoms with E-state index in [-0.39, 0.29) is 5.91 Å². The number of carbonyl (C=O) groups is 1. The molecule has 0 saturated heterocycles. The SMILES string of the molecule is CCC(N)C(=O)Nc1cccc(-c2nnnn2C)c1. The number of tetrazole rings is 1. The molecule has 3 N–H and O–H groups in total. The number of anilines is 1. The van der Waals surface area contributed by atoms with Crippen LogP contribution in [0.3, 0.4) is 0 Å². The average Bonchev–Trinajstić information content (AvgIpc) is 2.84. The van der Waals surface area contributed by atoms with Crippen LogP contribution in [0.25, 0.3) is 11.4 Å². The Bertz CT molecular complexity index is 579. The van der Waals surface area contributed by atoms with Crippen LogP contribution in [-0.4, -0.2) is 32.2 Å². The second-order valence-corrected chi connectivity index (χ2v) is 4.21. The highest BCUT2D eigenvalue weighted by Crippen LogP contribution is 2.19. The van der Waals surface area contributed by atoms with Gasteiger partial charge in [0.05, 0.1) is 6.04 Å². The molecule has 1 unspecified atom stereocenters. The summed E-state index contributed by atoms with van der Waals surface area (Å²) >= 11 is 0. The van der Waals surface area contributed by atoms with Gasteiger partial charge in [-0.05, 0) is 29.0 Å². The maximum atomic E-state index is 11.7. The highest BCUT2D eigenvalue weighted by molar-refractivity contribution is 5.95. The van der Waals surface area contributed by atoms with Gasteiger partial charge in [-0.15, -0.1) is 5.10 Å². The standard InChI is InChI=1S/C12H16N6O/c1-3-10(13)12(19)14-9-6-4-5-8(7-9)11-15-16-17-18(11)2/h4-7,10H,3,13H2,1-2H3,(H,14,19). The quantitative estimate of drug-likeness (QED) is 0.836. The Balaban J connectivity index is 2.21. The van der Waals surface area contributed by atoms with Gasteiger partial charge in [-0.2, -0.15) is 0 Å². The van der Waals surface area contributed by atoms with Crippen LogP contribution in [0, 0.1) is 0 Å². The van der Waals surface area contributed by atoms with E-state index in [0.29, 0.717) is 17.9 Å². The van der Waals surface area contributed by atoms with Crippen LogP contribution < -0.4 is 11.1 Å². The van der Waals surface area contributed by atoms with Gasteiger partial charge in [-0.1, -0.05) is 19.1 Å². The highest BCUT2D eigenvalue weighted by atomic mass is 16.2. The molecule has 0 aliphatic rings. The van der Waals surface area contributed by atoms with Crippen LogP contribution >= 0.6 is 0 Å². The van der Waals surface area contributed by atoms with E-state index >= 15 is 0 Å². The number of hydrogen-bond acceptors (Lipinski definition) is 5. The van der Waals surface area contributed by atoms with Crippen molar-refractivity contribution in [3.63, 3.8) is 0 Å². The average molecular weight is 260 g/mol. The summed E-state index contributed by atoms with van der Waals surface area (Å²) in [6, 6.07) is 6.82. The van der Waals surface area contributed by atoms with Gasteiger partial charge in [0, 0.05) is 18.3 Å². The van der Waals surface area contributed by atoms with Crippen LogP contribution in [0.15, 0.2) is 24.3 Å². The molecule has 0 saturated carbocycles. The minimum absolute atomic E-state index is 0.198. The second kappa shape index (κ2) is 5.57. The minimum atomic E-state index is -0.500. The normalized spacial score (nSPS) is 12.2. The monoisotopic (exact) mass is 260 g/mol. The molecule has 0 bridgehead atoms. The third kappa shape index (κ3) is 2.94. The fraction of sp³-hybridized carbons (Fsp3) is 0.333. The summed E-state index contributed by atoms with van der Waals surface area (Å²) < 4.78 is 1.57. The predicted molar refractivity (Wildman–Crippen MR) is 71.1 cm³/mol. The van der Waals surface area contributed by atoms with E-state index in [0.717, 1.165) is 5.56 Å². The Morgan fingerprint density at radius 3 is 2.95 bits per heavy atom. The molecule has 1 atom stereocenters. The fourth-order valence-corrected chi connectivity index (χ4v) is 1.63. The third-order valence-electron chi connectivity index (χ3n) is 2.79. The molecule has 19 heavy (non-hydrogen) atoms. The first-order valence-corrected chi connectivity index (χ1v) is 6.01. The van der Waals surface area contributed by atoms with Crippen LogP contribution in [0.2, 0.25) is 0 Å². The molecule has 1 aromatic carbocycles. The Kier molecular flexibility index (Phi) is 3.86. The van der Waals surface area contributed by atoms with Gasteiger partial charge < -0.3 is 11.1 Å². The molecule has 1 amide bonds. The molecule has 0 fully saturated rings. The van der Waals surface area contributed by atoms with Crippen molar-refractivity contribution in [1.82, 2.24) is 20.2 Å². The van der Waals surface area contributed by atoms with Crippen molar-refractivity contribution in [2.45, 2.75) is 19.4 Å². The summed E-state index contributed by atoms with van der Waals surface area (Å²) in [5.41, 5.74) is 7.18. The first-order valence-electron chi connectivity index (χ1n) is 6.01. The van der Waals surface area contributed by atoms with E-state index in [4.69, 9.17) is 5.73 Å². The lowest BCUT2D eigenvalue weighted by Crippen LogP contribution is -2.34. The third-order valence-corrected chi connectivity index (χ3v) is 2.79. The zero-order valence-corrected chi connectivity index (χ0v) is 10.9. The molecule has 0 spiro atoms. The van der Waals surface area contributed by atoms with Gasteiger partial charge >= 0.3 is 0 Å². The molecule has 0 radical (unpaired) electrons. The molecule has 7 nitrogen and oxygen atoms in total. The van der Waals surface area contributed by atoms with E-state index in [1.165, 1.54) is 0 Å². The number of nitrogens with two attached hydrogens (primary N) is 1. The predicted octanol–water partition coefficient (Wildman–Crippen LogP) is 0.553. The lowest BCUT2D eigenvalue weighted by molar-refractivity contribution is -0.117. The van der Waals surface area contributed by atoms with Crippen molar-refractivity contribution in [1.29, 1.82) is 0 Å². The lowest BCUT2D eigenvalue weighted by Gasteiger charge is -2.10. The summed E-state index contributed by atoms with van der Waals surface area (Å²) in [6.45, 7) is 1.87. The number of aromatic nitrogens is 4. The van der Waals surface area contributed by atoms with Crippen molar-refractivity contribution < 1.29 is 4.79 Å². The van der Waals surface area contributed by atoms with E-state index < -0.39 is 6.04 Å². The smallest absolute Gasteiger partial charge is 0.241 e. The van der Waals surface area contributed by atoms with E-state index in [2.05, 4.69) is 20.8 Å². The summed E-state index contributed by atoms with van der Waals surface area (Å²) in [5, 5.41) is 14.1. The number of rotatable bonds is 4. The van der Waals surface area contributed by atoms with Crippen molar-refractivity contribution >= 4 is 11.6 Å². The topological polar surface area (TPSA) is 98.7 Å². The van der Waals surface area contributed by atoms with Crippen LogP contribution in [0.5, 0.6) is 0 Å². The van der Waals surface area contributed by atoms with Crippen molar-refractivity contribution in [2.75, 3.05) is 5.32 Å². The zero-order chi connectivity index (χ0) is 13.8. The van der Waals surface area contributed by atoms with Crippen LogP contribution in [-0.2, 0) is 11.8 Å². The maximum absolute atomic E-state index is 11.7. The van der Waals surface area contributed by atoms with Gasteiger partial charge in [0.1, 0.15) is 0 Å². The molecule has 1 heterocycles. The van der Waals surface area contributed by atoms with Crippen molar-refractivity contribution in [3.05, 3.63) is 24.3 Å². The Morgan fingerprint density at radius 2 is 2.32 bits per heavy atom. The zero-order valence-electron chi connectivity index (χ0n) is 10.9. The molecule has 100 valence electrons. The summed E-state index contributed by atoms with van der Waals surface area (Å²) in [5.74, 6) is 0.437. The largest absolute Gasteiger partial charge is 0.325 e. The molecule has 2 rings (SSSR count). The Labute approximate surface area is 110 Å². The Morgan fingerprint density at radius 1 is 1.53 bits per heavy atom. The first kappa shape index (κ1) is 13.2. The number of hydrogen-bond donors (Lipinski definition) is 2. The number of carbonyl (C=O) groups excluding carboxylic acids is 1. The number of amides is 1. The second-order valence-electron chi connectivity index (χ2n) is 4.21.